The lowest BCUT2D eigenvalue weighted by molar-refractivity contribution is -0.137. The minimum absolute atomic E-state index is 0.0982. The van der Waals surface area contributed by atoms with Gasteiger partial charge in [0.15, 0.2) is 5.78 Å². The van der Waals surface area contributed by atoms with Crippen molar-refractivity contribution in [3.63, 3.8) is 0 Å². The zero-order valence-corrected chi connectivity index (χ0v) is 22.8. The second-order valence-electron chi connectivity index (χ2n) is 11.6. The Morgan fingerprint density at radius 1 is 1.19 bits per heavy atom. The number of ether oxygens (including phenoxy) is 1. The van der Waals surface area contributed by atoms with Crippen LogP contribution in [0.3, 0.4) is 0 Å². The third-order valence-electron chi connectivity index (χ3n) is 9.09. The molecule has 1 fully saturated rings. The molecule has 36 heavy (non-hydrogen) atoms. The van der Waals surface area contributed by atoms with Crippen molar-refractivity contribution in [1.29, 1.82) is 0 Å². The third-order valence-corrected chi connectivity index (χ3v) is 9.09. The van der Waals surface area contributed by atoms with Gasteiger partial charge in [0.25, 0.3) is 0 Å². The van der Waals surface area contributed by atoms with Gasteiger partial charge < -0.3 is 4.74 Å². The zero-order chi connectivity index (χ0) is 26.1. The molecule has 4 heteroatoms. The molecule has 0 radical (unpaired) electrons. The first-order chi connectivity index (χ1) is 17.3. The predicted molar refractivity (Wildman–Crippen MR) is 145 cm³/mol. The maximum Gasteiger partial charge on any atom is 0.330 e. The molecule has 3 aliphatic rings. The van der Waals surface area contributed by atoms with Crippen molar-refractivity contribution in [1.82, 2.24) is 0 Å². The van der Waals surface area contributed by atoms with Crippen LogP contribution in [0.2, 0.25) is 0 Å². The molecule has 0 aromatic carbocycles. The van der Waals surface area contributed by atoms with E-state index >= 15 is 0 Å². The van der Waals surface area contributed by atoms with Crippen LogP contribution < -0.4 is 0 Å². The Kier molecular flexibility index (Phi) is 10.5. The summed E-state index contributed by atoms with van der Waals surface area (Å²) in [7, 11) is 0. The Morgan fingerprint density at radius 3 is 2.69 bits per heavy atom. The lowest BCUT2D eigenvalue weighted by atomic mass is 9.63. The number of fused-ring (bicyclic) bond motifs is 2. The molecule has 0 aliphatic heterocycles. The van der Waals surface area contributed by atoms with Crippen molar-refractivity contribution in [3.8, 4) is 0 Å². The van der Waals surface area contributed by atoms with E-state index in [4.69, 9.17) is 4.74 Å². The summed E-state index contributed by atoms with van der Waals surface area (Å²) in [4.78, 5) is 36.5. The summed E-state index contributed by atoms with van der Waals surface area (Å²) in [6.07, 6.45) is 23.4. The monoisotopic (exact) mass is 494 g/mol. The van der Waals surface area contributed by atoms with E-state index in [2.05, 4.69) is 32.9 Å². The zero-order valence-electron chi connectivity index (χ0n) is 22.8. The van der Waals surface area contributed by atoms with Crippen LogP contribution in [-0.2, 0) is 19.1 Å². The second kappa shape index (κ2) is 13.4. The van der Waals surface area contributed by atoms with Gasteiger partial charge in [-0.25, -0.2) is 4.79 Å². The van der Waals surface area contributed by atoms with Crippen molar-refractivity contribution in [2.75, 3.05) is 6.61 Å². The first-order valence-electron chi connectivity index (χ1n) is 14.2. The highest BCUT2D eigenvalue weighted by Crippen LogP contribution is 2.58. The SMILES string of the molecule is CCCCCCCCOC(=O)/C=C\C=C/[C@H](C)[C@H]1CC[C@]2(C)C[C@@H]3C(C)=CC(=O)[C@H]3/C(C=O)=C\C[C@@H]12. The van der Waals surface area contributed by atoms with Crippen molar-refractivity contribution >= 4 is 18.0 Å². The van der Waals surface area contributed by atoms with Gasteiger partial charge in [0.1, 0.15) is 6.29 Å². The summed E-state index contributed by atoms with van der Waals surface area (Å²) in [6, 6.07) is 0. The van der Waals surface area contributed by atoms with Crippen LogP contribution >= 0.6 is 0 Å². The molecule has 0 aromatic rings. The van der Waals surface area contributed by atoms with Gasteiger partial charge in [-0.3, -0.25) is 9.59 Å². The standard InChI is InChI=1S/C32H46O4/c1-5-6-7-8-9-12-19-36-30(35)14-11-10-13-23(2)26-17-18-32(4)21-27-24(3)20-29(34)31(27)25(22-33)15-16-28(26)32/h10-11,13-15,20,22-23,26-28,31H,5-9,12,16-19,21H2,1-4H3/b13-10-,14-11-,25-15-/t23-,26+,27+,28-,31-,32+/m0/s1. The Bertz CT molecular complexity index is 907. The third kappa shape index (κ3) is 6.95. The fourth-order valence-electron chi connectivity index (χ4n) is 6.93. The number of allylic oxidation sites excluding steroid dienone is 7. The number of hydrogen-bond donors (Lipinski definition) is 0. The highest BCUT2D eigenvalue weighted by atomic mass is 16.5. The van der Waals surface area contributed by atoms with Crippen LogP contribution in [0, 0.1) is 35.0 Å². The van der Waals surface area contributed by atoms with Crippen molar-refractivity contribution in [3.05, 3.63) is 47.6 Å². The number of unbranched alkanes of at least 4 members (excludes halogenated alkanes) is 5. The highest BCUT2D eigenvalue weighted by molar-refractivity contribution is 6.01. The van der Waals surface area contributed by atoms with Gasteiger partial charge in [-0.2, -0.15) is 0 Å². The van der Waals surface area contributed by atoms with Crippen LogP contribution in [0.5, 0.6) is 0 Å². The van der Waals surface area contributed by atoms with E-state index in [9.17, 15) is 14.4 Å². The summed E-state index contributed by atoms with van der Waals surface area (Å²) in [5.41, 5.74) is 1.97. The number of rotatable bonds is 12. The molecule has 0 N–H and O–H groups in total. The average Bonchev–Trinajstić information content (AvgIpc) is 3.30. The molecule has 1 saturated carbocycles. The fraction of sp³-hybridized carbons (Fsp3) is 0.656. The number of aldehydes is 1. The van der Waals surface area contributed by atoms with Gasteiger partial charge in [0.05, 0.1) is 12.5 Å². The number of esters is 1. The van der Waals surface area contributed by atoms with Crippen molar-refractivity contribution in [2.45, 2.75) is 91.9 Å². The van der Waals surface area contributed by atoms with E-state index in [0.717, 1.165) is 50.4 Å². The minimum atomic E-state index is -0.275. The first kappa shape index (κ1) is 28.3. The number of hydrogen-bond acceptors (Lipinski definition) is 4. The van der Waals surface area contributed by atoms with Crippen molar-refractivity contribution < 1.29 is 19.1 Å². The van der Waals surface area contributed by atoms with E-state index in [1.807, 2.05) is 13.0 Å². The largest absolute Gasteiger partial charge is 0.463 e. The topological polar surface area (TPSA) is 60.4 Å². The Hall–Kier alpha value is -2.23. The molecule has 0 saturated heterocycles. The van der Waals surface area contributed by atoms with Gasteiger partial charge in [-0.05, 0) is 79.8 Å². The van der Waals surface area contributed by atoms with Crippen molar-refractivity contribution in [2.24, 2.45) is 35.0 Å². The van der Waals surface area contributed by atoms with E-state index < -0.39 is 0 Å². The number of ketones is 1. The molecule has 3 rings (SSSR count). The summed E-state index contributed by atoms with van der Waals surface area (Å²) in [5, 5.41) is 0. The first-order valence-corrected chi connectivity index (χ1v) is 14.2. The van der Waals surface area contributed by atoms with Gasteiger partial charge >= 0.3 is 5.97 Å². The Balaban J connectivity index is 1.54. The average molecular weight is 495 g/mol. The molecule has 3 aliphatic carbocycles. The summed E-state index contributed by atoms with van der Waals surface area (Å²) in [6.45, 7) is 9.40. The van der Waals surface area contributed by atoms with Crippen LogP contribution in [0.25, 0.3) is 0 Å². The summed E-state index contributed by atoms with van der Waals surface area (Å²) in [5.74, 6) is 1.06. The molecule has 0 aromatic heterocycles. The Morgan fingerprint density at radius 2 is 1.94 bits per heavy atom. The van der Waals surface area contributed by atoms with Crippen LogP contribution in [0.4, 0.5) is 0 Å². The lowest BCUT2D eigenvalue weighted by Crippen LogP contribution is -2.34. The van der Waals surface area contributed by atoms with Crippen LogP contribution in [-0.4, -0.2) is 24.6 Å². The second-order valence-corrected chi connectivity index (χ2v) is 11.6. The van der Waals surface area contributed by atoms with Crippen LogP contribution in [0.15, 0.2) is 47.6 Å². The smallest absolute Gasteiger partial charge is 0.330 e. The van der Waals surface area contributed by atoms with Gasteiger partial charge in [0.2, 0.25) is 0 Å². The Labute approximate surface area is 218 Å². The maximum absolute atomic E-state index is 12.6. The van der Waals surface area contributed by atoms with Gasteiger partial charge in [-0.15, -0.1) is 0 Å². The van der Waals surface area contributed by atoms with E-state index in [1.165, 1.54) is 31.8 Å². The molecule has 0 spiro atoms. The summed E-state index contributed by atoms with van der Waals surface area (Å²) >= 11 is 0. The molecule has 0 amide bonds. The number of carbonyl (C=O) groups excluding carboxylic acids is 3. The quantitative estimate of drug-likeness (QED) is 0.0935. The lowest BCUT2D eigenvalue weighted by Gasteiger charge is -2.40. The molecule has 0 unspecified atom stereocenters. The molecule has 0 bridgehead atoms. The van der Waals surface area contributed by atoms with Gasteiger partial charge in [-0.1, -0.05) is 82.8 Å². The van der Waals surface area contributed by atoms with Crippen LogP contribution in [0.1, 0.15) is 91.9 Å². The molecule has 0 heterocycles. The maximum atomic E-state index is 12.6. The minimum Gasteiger partial charge on any atom is -0.463 e. The fourth-order valence-corrected chi connectivity index (χ4v) is 6.93. The molecule has 198 valence electrons. The van der Waals surface area contributed by atoms with E-state index in [-0.39, 0.29) is 29.0 Å². The van der Waals surface area contributed by atoms with E-state index in [1.54, 1.807) is 12.2 Å². The number of carbonyl (C=O) groups is 3. The molecular formula is C32H46O4. The molecule has 6 atom stereocenters. The van der Waals surface area contributed by atoms with E-state index in [0.29, 0.717) is 29.9 Å². The highest BCUT2D eigenvalue weighted by Gasteiger charge is 2.50. The summed E-state index contributed by atoms with van der Waals surface area (Å²) < 4.78 is 5.31. The molecular weight excluding hydrogens is 448 g/mol. The molecule has 4 nitrogen and oxygen atoms in total. The predicted octanol–water partition coefficient (Wildman–Crippen LogP) is 7.35. The van der Waals surface area contributed by atoms with Gasteiger partial charge in [0, 0.05) is 6.08 Å². The normalized spacial score (nSPS) is 32.4.